The lowest BCUT2D eigenvalue weighted by molar-refractivity contribution is 0.597. The average Bonchev–Trinajstić information content (AvgIpc) is 3.19. The molecular weight excluding hydrogens is 402 g/mol. The number of nitrogens with zero attached hydrogens (tertiary/aromatic N) is 2. The zero-order valence-electron chi connectivity index (χ0n) is 15.9. The van der Waals surface area contributed by atoms with Gasteiger partial charge in [0.2, 0.25) is 10.0 Å². The standard InChI is InChI=1S/C22H21N3O2S2/c1-28-19-11-7-16(8-12-19)21-15-22(17-5-3-2-4-6-17)25(24-21)18-9-13-20(14-10-18)29(23,26)27/h2-14,22H,15H2,1H3,(H2,23,26,27). The molecule has 0 saturated carbocycles. The van der Waals surface area contributed by atoms with E-state index < -0.39 is 10.0 Å². The van der Waals surface area contributed by atoms with Crippen molar-refractivity contribution in [1.29, 1.82) is 0 Å². The molecule has 1 aliphatic heterocycles. The van der Waals surface area contributed by atoms with E-state index in [1.165, 1.54) is 17.0 Å². The van der Waals surface area contributed by atoms with Crippen molar-refractivity contribution in [2.24, 2.45) is 10.2 Å². The molecule has 7 heteroatoms. The smallest absolute Gasteiger partial charge is 0.238 e. The van der Waals surface area contributed by atoms with Crippen LogP contribution in [0.5, 0.6) is 0 Å². The molecule has 2 N–H and O–H groups in total. The largest absolute Gasteiger partial charge is 0.257 e. The highest BCUT2D eigenvalue weighted by molar-refractivity contribution is 7.98. The lowest BCUT2D eigenvalue weighted by Gasteiger charge is -2.24. The van der Waals surface area contributed by atoms with Gasteiger partial charge >= 0.3 is 0 Å². The Hall–Kier alpha value is -2.61. The van der Waals surface area contributed by atoms with Gasteiger partial charge in [0.25, 0.3) is 0 Å². The zero-order valence-corrected chi connectivity index (χ0v) is 17.5. The summed E-state index contributed by atoms with van der Waals surface area (Å²) in [6, 6.07) is 25.2. The molecule has 0 radical (unpaired) electrons. The number of sulfonamides is 1. The lowest BCUT2D eigenvalue weighted by Crippen LogP contribution is -2.19. The molecule has 1 atom stereocenters. The molecular formula is C22H21N3O2S2. The third-order valence-corrected chi connectivity index (χ3v) is 6.62. The van der Waals surface area contributed by atoms with Crippen LogP contribution >= 0.6 is 11.8 Å². The van der Waals surface area contributed by atoms with E-state index in [-0.39, 0.29) is 10.9 Å². The van der Waals surface area contributed by atoms with E-state index >= 15 is 0 Å². The summed E-state index contributed by atoms with van der Waals surface area (Å²) in [4.78, 5) is 1.30. The number of rotatable bonds is 5. The second-order valence-corrected chi connectivity index (χ2v) is 9.23. The Morgan fingerprint density at radius 3 is 2.21 bits per heavy atom. The number of nitrogens with two attached hydrogens (primary N) is 1. The molecule has 5 nitrogen and oxygen atoms in total. The lowest BCUT2D eigenvalue weighted by atomic mass is 9.98. The quantitative estimate of drug-likeness (QED) is 0.617. The minimum Gasteiger partial charge on any atom is -0.257 e. The molecule has 148 valence electrons. The van der Waals surface area contributed by atoms with Crippen molar-refractivity contribution in [2.75, 3.05) is 11.3 Å². The molecule has 0 fully saturated rings. The second kappa shape index (κ2) is 8.02. The van der Waals surface area contributed by atoms with Gasteiger partial charge in [-0.05, 0) is 53.8 Å². The Morgan fingerprint density at radius 1 is 0.966 bits per heavy atom. The van der Waals surface area contributed by atoms with Gasteiger partial charge in [0.15, 0.2) is 0 Å². The Balaban J connectivity index is 1.72. The van der Waals surface area contributed by atoms with Gasteiger partial charge in [-0.1, -0.05) is 42.5 Å². The number of hydrogen-bond acceptors (Lipinski definition) is 5. The number of thioether (sulfide) groups is 1. The highest BCUT2D eigenvalue weighted by Crippen LogP contribution is 2.37. The summed E-state index contributed by atoms with van der Waals surface area (Å²) in [5.41, 5.74) is 4.07. The number of benzene rings is 3. The summed E-state index contributed by atoms with van der Waals surface area (Å²) in [5.74, 6) is 0. The van der Waals surface area contributed by atoms with Crippen LogP contribution in [0.15, 0.2) is 93.8 Å². The monoisotopic (exact) mass is 423 g/mol. The normalized spacial score (nSPS) is 16.7. The zero-order chi connectivity index (χ0) is 20.4. The number of primary sulfonamides is 1. The van der Waals surface area contributed by atoms with Gasteiger partial charge in [-0.2, -0.15) is 5.10 Å². The third kappa shape index (κ3) is 4.22. The van der Waals surface area contributed by atoms with Crippen molar-refractivity contribution in [1.82, 2.24) is 0 Å². The van der Waals surface area contributed by atoms with Gasteiger partial charge in [-0.25, -0.2) is 13.6 Å². The first-order chi connectivity index (χ1) is 14.0. The van der Waals surface area contributed by atoms with Crippen molar-refractivity contribution in [3.05, 3.63) is 90.0 Å². The fraction of sp³-hybridized carbons (Fsp3) is 0.136. The molecule has 1 unspecified atom stereocenters. The third-order valence-electron chi connectivity index (χ3n) is 4.95. The van der Waals surface area contributed by atoms with Crippen LogP contribution in [0.25, 0.3) is 0 Å². The summed E-state index contributed by atoms with van der Waals surface area (Å²) < 4.78 is 23.2. The van der Waals surface area contributed by atoms with E-state index in [4.69, 9.17) is 10.2 Å². The van der Waals surface area contributed by atoms with Crippen LogP contribution in [-0.4, -0.2) is 20.4 Å². The Bertz CT molecular complexity index is 1130. The van der Waals surface area contributed by atoms with Crippen LogP contribution in [0.2, 0.25) is 0 Å². The Kier molecular flexibility index (Phi) is 5.45. The van der Waals surface area contributed by atoms with Crippen molar-refractivity contribution >= 4 is 33.2 Å². The summed E-state index contributed by atoms with van der Waals surface area (Å²) in [6.07, 6.45) is 2.82. The number of anilines is 1. The molecule has 0 aliphatic carbocycles. The van der Waals surface area contributed by atoms with E-state index in [0.717, 1.165) is 28.9 Å². The summed E-state index contributed by atoms with van der Waals surface area (Å²) in [6.45, 7) is 0. The van der Waals surface area contributed by atoms with Crippen LogP contribution in [0, 0.1) is 0 Å². The first kappa shape index (κ1) is 19.7. The van der Waals surface area contributed by atoms with Crippen molar-refractivity contribution in [2.45, 2.75) is 22.3 Å². The average molecular weight is 424 g/mol. The fourth-order valence-electron chi connectivity index (χ4n) is 3.43. The Morgan fingerprint density at radius 2 is 1.62 bits per heavy atom. The summed E-state index contributed by atoms with van der Waals surface area (Å²) in [5, 5.41) is 12.1. The van der Waals surface area contributed by atoms with Gasteiger partial charge in [-0.3, -0.25) is 5.01 Å². The molecule has 0 bridgehead atoms. The molecule has 1 aliphatic rings. The van der Waals surface area contributed by atoms with E-state index in [2.05, 4.69) is 42.7 Å². The van der Waals surface area contributed by atoms with Gasteiger partial charge < -0.3 is 0 Å². The first-order valence-corrected chi connectivity index (χ1v) is 11.9. The Labute approximate surface area is 175 Å². The number of hydrogen-bond donors (Lipinski definition) is 1. The molecule has 1 heterocycles. The molecule has 0 aromatic heterocycles. The molecule has 0 amide bonds. The van der Waals surface area contributed by atoms with E-state index in [1.807, 2.05) is 23.2 Å². The summed E-state index contributed by atoms with van der Waals surface area (Å²) >= 11 is 1.71. The fourth-order valence-corrected chi connectivity index (χ4v) is 4.35. The van der Waals surface area contributed by atoms with Gasteiger partial charge in [-0.15, -0.1) is 11.8 Å². The molecule has 0 saturated heterocycles. The molecule has 29 heavy (non-hydrogen) atoms. The maximum absolute atomic E-state index is 11.6. The molecule has 4 rings (SSSR count). The van der Waals surface area contributed by atoms with Crippen molar-refractivity contribution in [3.63, 3.8) is 0 Å². The summed E-state index contributed by atoms with van der Waals surface area (Å²) in [7, 11) is -3.73. The van der Waals surface area contributed by atoms with E-state index in [1.54, 1.807) is 23.9 Å². The highest BCUT2D eigenvalue weighted by Gasteiger charge is 2.30. The van der Waals surface area contributed by atoms with E-state index in [9.17, 15) is 8.42 Å². The van der Waals surface area contributed by atoms with Crippen LogP contribution in [0.1, 0.15) is 23.6 Å². The first-order valence-electron chi connectivity index (χ1n) is 9.14. The van der Waals surface area contributed by atoms with E-state index in [0.29, 0.717) is 0 Å². The van der Waals surface area contributed by atoms with Crippen molar-refractivity contribution in [3.8, 4) is 0 Å². The molecule has 3 aromatic carbocycles. The topological polar surface area (TPSA) is 75.8 Å². The molecule has 0 spiro atoms. The van der Waals surface area contributed by atoms with Crippen molar-refractivity contribution < 1.29 is 8.42 Å². The van der Waals surface area contributed by atoms with Crippen LogP contribution in [-0.2, 0) is 10.0 Å². The van der Waals surface area contributed by atoms with Gasteiger partial charge in [0, 0.05) is 11.3 Å². The molecule has 3 aromatic rings. The maximum atomic E-state index is 11.6. The van der Waals surface area contributed by atoms with Crippen LogP contribution < -0.4 is 10.1 Å². The predicted octanol–water partition coefficient (Wildman–Crippen LogP) is 4.41. The number of hydrazone groups is 1. The van der Waals surface area contributed by atoms with Crippen LogP contribution in [0.4, 0.5) is 5.69 Å². The highest BCUT2D eigenvalue weighted by atomic mass is 32.2. The SMILES string of the molecule is CSc1ccc(C2=NN(c3ccc(S(N)(=O)=O)cc3)C(c3ccccc3)C2)cc1. The minimum absolute atomic E-state index is 0.0340. The van der Waals surface area contributed by atoms with Crippen LogP contribution in [0.3, 0.4) is 0 Å². The maximum Gasteiger partial charge on any atom is 0.238 e. The predicted molar refractivity (Wildman–Crippen MR) is 119 cm³/mol. The minimum atomic E-state index is -3.73. The van der Waals surface area contributed by atoms with Gasteiger partial charge in [0.05, 0.1) is 22.3 Å². The van der Waals surface area contributed by atoms with Gasteiger partial charge in [0.1, 0.15) is 0 Å². The second-order valence-electron chi connectivity index (χ2n) is 6.79.